The lowest BCUT2D eigenvalue weighted by Crippen LogP contribution is -2.32. The summed E-state index contributed by atoms with van der Waals surface area (Å²) in [5.41, 5.74) is 2.47. The number of rotatable bonds is 5. The average Bonchev–Trinajstić information content (AvgIpc) is 2.67. The molecule has 0 bridgehead atoms. The van der Waals surface area contributed by atoms with Crippen LogP contribution >= 0.6 is 12.2 Å². The number of pyridine rings is 1. The first-order valence-electron chi connectivity index (χ1n) is 7.75. The number of thiocarbonyl (C=S) groups is 1. The molecule has 3 nitrogen and oxygen atoms in total. The van der Waals surface area contributed by atoms with E-state index in [4.69, 9.17) is 12.2 Å². The minimum absolute atomic E-state index is 0.429. The zero-order valence-corrected chi connectivity index (χ0v) is 13.9. The van der Waals surface area contributed by atoms with Crippen molar-refractivity contribution in [3.05, 3.63) is 102 Å². The summed E-state index contributed by atoms with van der Waals surface area (Å²) in [6.45, 7) is 0. The Labute approximate surface area is 147 Å². The SMILES string of the molecule is OC(c1ccccc1)C(NC(=S)c1ccccc1)c1ccccn1. The number of benzene rings is 2. The average molecular weight is 334 g/mol. The number of hydrogen-bond acceptors (Lipinski definition) is 3. The standard InChI is InChI=1S/C20H18N2OS/c23-19(15-9-3-1-4-10-15)18(17-13-7-8-14-21-17)22-20(24)16-11-5-2-6-12-16/h1-14,18-19,23H,(H,22,24). The van der Waals surface area contributed by atoms with Crippen molar-refractivity contribution in [2.75, 3.05) is 0 Å². The van der Waals surface area contributed by atoms with E-state index in [-0.39, 0.29) is 0 Å². The van der Waals surface area contributed by atoms with E-state index in [1.807, 2.05) is 78.9 Å². The maximum absolute atomic E-state index is 10.9. The minimum atomic E-state index is -0.761. The maximum Gasteiger partial charge on any atom is 0.107 e. The third kappa shape index (κ3) is 3.85. The normalized spacial score (nSPS) is 13.0. The highest BCUT2D eigenvalue weighted by atomic mass is 32.1. The first-order valence-corrected chi connectivity index (χ1v) is 8.16. The smallest absolute Gasteiger partial charge is 0.107 e. The highest BCUT2D eigenvalue weighted by Gasteiger charge is 2.24. The number of aliphatic hydroxyl groups excluding tert-OH is 1. The van der Waals surface area contributed by atoms with Gasteiger partial charge in [0.15, 0.2) is 0 Å². The van der Waals surface area contributed by atoms with E-state index in [2.05, 4.69) is 10.3 Å². The Bertz CT molecular complexity index is 779. The summed E-state index contributed by atoms with van der Waals surface area (Å²) in [7, 11) is 0. The molecule has 24 heavy (non-hydrogen) atoms. The Morgan fingerprint density at radius 2 is 1.50 bits per heavy atom. The number of hydrogen-bond donors (Lipinski definition) is 2. The molecule has 0 radical (unpaired) electrons. The van der Waals surface area contributed by atoms with Crippen LogP contribution in [0.1, 0.15) is 29.0 Å². The van der Waals surface area contributed by atoms with Gasteiger partial charge in [-0.1, -0.05) is 78.9 Å². The van der Waals surface area contributed by atoms with Crippen LogP contribution in [0.3, 0.4) is 0 Å². The van der Waals surface area contributed by atoms with Gasteiger partial charge in [-0.25, -0.2) is 0 Å². The fourth-order valence-corrected chi connectivity index (χ4v) is 2.79. The van der Waals surface area contributed by atoms with Gasteiger partial charge in [-0.2, -0.15) is 0 Å². The zero-order valence-electron chi connectivity index (χ0n) is 13.0. The molecule has 2 N–H and O–H groups in total. The van der Waals surface area contributed by atoms with Crippen molar-refractivity contribution >= 4 is 17.2 Å². The van der Waals surface area contributed by atoms with E-state index < -0.39 is 12.1 Å². The van der Waals surface area contributed by atoms with Crippen LogP contribution in [0.4, 0.5) is 0 Å². The summed E-state index contributed by atoms with van der Waals surface area (Å²) in [6, 6.07) is 24.5. The molecular formula is C20H18N2OS. The number of aromatic nitrogens is 1. The topological polar surface area (TPSA) is 45.1 Å². The first kappa shape index (κ1) is 16.3. The molecule has 0 saturated heterocycles. The molecule has 0 aliphatic rings. The van der Waals surface area contributed by atoms with Crippen molar-refractivity contribution in [2.45, 2.75) is 12.1 Å². The molecule has 0 saturated carbocycles. The van der Waals surface area contributed by atoms with Gasteiger partial charge in [0.05, 0.1) is 11.7 Å². The second kappa shape index (κ2) is 7.81. The molecule has 120 valence electrons. The van der Waals surface area contributed by atoms with Crippen LogP contribution in [0.25, 0.3) is 0 Å². The van der Waals surface area contributed by atoms with E-state index in [0.717, 1.165) is 16.8 Å². The lowest BCUT2D eigenvalue weighted by Gasteiger charge is -2.25. The molecule has 2 atom stereocenters. The largest absolute Gasteiger partial charge is 0.386 e. The van der Waals surface area contributed by atoms with Crippen molar-refractivity contribution in [1.29, 1.82) is 0 Å². The van der Waals surface area contributed by atoms with Crippen molar-refractivity contribution < 1.29 is 5.11 Å². The lowest BCUT2D eigenvalue weighted by atomic mass is 9.99. The quantitative estimate of drug-likeness (QED) is 0.696. The Balaban J connectivity index is 1.90. The highest BCUT2D eigenvalue weighted by Crippen LogP contribution is 2.28. The molecule has 0 amide bonds. The second-order valence-electron chi connectivity index (χ2n) is 5.43. The Morgan fingerprint density at radius 3 is 2.12 bits per heavy atom. The zero-order chi connectivity index (χ0) is 16.8. The third-order valence-corrected chi connectivity index (χ3v) is 4.14. The van der Waals surface area contributed by atoms with Crippen LogP contribution in [-0.4, -0.2) is 15.1 Å². The van der Waals surface area contributed by atoms with Crippen LogP contribution in [0.15, 0.2) is 85.1 Å². The molecule has 0 aliphatic carbocycles. The van der Waals surface area contributed by atoms with E-state index >= 15 is 0 Å². The molecule has 3 rings (SSSR count). The molecule has 1 heterocycles. The van der Waals surface area contributed by atoms with Crippen LogP contribution in [-0.2, 0) is 0 Å². The number of nitrogens with zero attached hydrogens (tertiary/aromatic N) is 1. The number of aliphatic hydroxyl groups is 1. The summed E-state index contributed by atoms with van der Waals surface area (Å²) in [4.78, 5) is 4.97. The van der Waals surface area contributed by atoms with Crippen molar-refractivity contribution in [1.82, 2.24) is 10.3 Å². The van der Waals surface area contributed by atoms with E-state index in [1.165, 1.54) is 0 Å². The fourth-order valence-electron chi connectivity index (χ4n) is 2.53. The first-order chi connectivity index (χ1) is 11.8. The Morgan fingerprint density at radius 1 is 0.875 bits per heavy atom. The van der Waals surface area contributed by atoms with Gasteiger partial charge in [-0.15, -0.1) is 0 Å². The second-order valence-corrected chi connectivity index (χ2v) is 5.84. The van der Waals surface area contributed by atoms with Crippen molar-refractivity contribution in [3.63, 3.8) is 0 Å². The highest BCUT2D eigenvalue weighted by molar-refractivity contribution is 7.80. The van der Waals surface area contributed by atoms with Gasteiger partial charge in [0, 0.05) is 11.8 Å². The van der Waals surface area contributed by atoms with Crippen LogP contribution in [0, 0.1) is 0 Å². The van der Waals surface area contributed by atoms with Gasteiger partial charge in [0.25, 0.3) is 0 Å². The van der Waals surface area contributed by atoms with Crippen LogP contribution < -0.4 is 5.32 Å². The monoisotopic (exact) mass is 334 g/mol. The summed E-state index contributed by atoms with van der Waals surface area (Å²) < 4.78 is 0. The predicted molar refractivity (Wildman–Crippen MR) is 99.7 cm³/mol. The molecular weight excluding hydrogens is 316 g/mol. The van der Waals surface area contributed by atoms with E-state index in [0.29, 0.717) is 4.99 Å². The predicted octanol–water partition coefficient (Wildman–Crippen LogP) is 3.82. The fraction of sp³-hybridized carbons (Fsp3) is 0.100. The van der Waals surface area contributed by atoms with Gasteiger partial charge in [-0.05, 0) is 17.7 Å². The molecule has 0 fully saturated rings. The van der Waals surface area contributed by atoms with Crippen LogP contribution in [0.5, 0.6) is 0 Å². The summed E-state index contributed by atoms with van der Waals surface area (Å²) in [5.74, 6) is 0. The molecule has 3 aromatic rings. The van der Waals surface area contributed by atoms with Gasteiger partial charge in [-0.3, -0.25) is 4.98 Å². The Kier molecular flexibility index (Phi) is 5.31. The molecule has 2 unspecified atom stereocenters. The van der Waals surface area contributed by atoms with Gasteiger partial charge >= 0.3 is 0 Å². The molecule has 2 aromatic carbocycles. The minimum Gasteiger partial charge on any atom is -0.386 e. The van der Waals surface area contributed by atoms with Crippen molar-refractivity contribution in [3.8, 4) is 0 Å². The van der Waals surface area contributed by atoms with E-state index in [9.17, 15) is 5.11 Å². The van der Waals surface area contributed by atoms with E-state index in [1.54, 1.807) is 6.20 Å². The summed E-state index contributed by atoms with van der Waals surface area (Å²) >= 11 is 5.52. The maximum atomic E-state index is 10.9. The van der Waals surface area contributed by atoms with Crippen molar-refractivity contribution in [2.24, 2.45) is 0 Å². The lowest BCUT2D eigenvalue weighted by molar-refractivity contribution is 0.136. The van der Waals surface area contributed by atoms with Gasteiger partial charge in [0.2, 0.25) is 0 Å². The molecule has 0 spiro atoms. The van der Waals surface area contributed by atoms with Gasteiger partial charge < -0.3 is 10.4 Å². The number of nitrogens with one attached hydrogen (secondary N) is 1. The third-order valence-electron chi connectivity index (χ3n) is 3.79. The summed E-state index contributed by atoms with van der Waals surface area (Å²) in [6.07, 6.45) is 0.954. The summed E-state index contributed by atoms with van der Waals surface area (Å²) in [5, 5.41) is 14.1. The molecule has 4 heteroatoms. The van der Waals surface area contributed by atoms with Crippen LogP contribution in [0.2, 0.25) is 0 Å². The van der Waals surface area contributed by atoms with Gasteiger partial charge in [0.1, 0.15) is 11.1 Å². The molecule has 0 aliphatic heterocycles. The Hall–Kier alpha value is -2.56. The molecule has 1 aromatic heterocycles.